The van der Waals surface area contributed by atoms with Crippen molar-refractivity contribution in [2.24, 2.45) is 5.41 Å². The molecule has 0 atom stereocenters. The van der Waals surface area contributed by atoms with E-state index in [2.05, 4.69) is 27.4 Å². The van der Waals surface area contributed by atoms with Gasteiger partial charge in [-0.3, -0.25) is 14.8 Å². The lowest BCUT2D eigenvalue weighted by molar-refractivity contribution is -0.138. The van der Waals surface area contributed by atoms with Crippen LogP contribution in [0.5, 0.6) is 5.75 Å². The van der Waals surface area contributed by atoms with E-state index in [0.29, 0.717) is 24.9 Å². The standard InChI is InChI=1S/C26H32FN3O2/c1-3-20(14-27)18-32-23-6-4-21(5-7-23)25-8-11-26(12-9-25,13-10-25)24(31)30-17-22-16-28-19(2)15-29-22/h4-7,14-16H,3,8-13,17-18H2,1-2H3,(H,30,31)/b20-14+. The zero-order chi connectivity index (χ0) is 22.6. The zero-order valence-corrected chi connectivity index (χ0v) is 19.0. The molecule has 0 aliphatic heterocycles. The smallest absolute Gasteiger partial charge is 0.226 e. The highest BCUT2D eigenvalue weighted by Crippen LogP contribution is 2.57. The van der Waals surface area contributed by atoms with E-state index in [-0.39, 0.29) is 23.3 Å². The molecule has 2 aromatic rings. The van der Waals surface area contributed by atoms with Crippen molar-refractivity contribution in [1.82, 2.24) is 15.3 Å². The van der Waals surface area contributed by atoms with E-state index < -0.39 is 0 Å². The number of ether oxygens (including phenoxy) is 1. The van der Waals surface area contributed by atoms with Crippen LogP contribution in [0.3, 0.4) is 0 Å². The SMILES string of the molecule is CC/C(=C\F)COc1ccc(C23CCC(C(=O)NCc4cnc(C)cn4)(CC2)CC3)cc1. The van der Waals surface area contributed by atoms with Crippen LogP contribution in [0.1, 0.15) is 68.8 Å². The van der Waals surface area contributed by atoms with E-state index in [1.165, 1.54) is 5.56 Å². The van der Waals surface area contributed by atoms with Gasteiger partial charge in [-0.1, -0.05) is 19.1 Å². The summed E-state index contributed by atoms with van der Waals surface area (Å²) in [5, 5.41) is 3.11. The van der Waals surface area contributed by atoms with E-state index in [1.54, 1.807) is 12.4 Å². The molecule has 0 radical (unpaired) electrons. The van der Waals surface area contributed by atoms with Crippen molar-refractivity contribution in [3.8, 4) is 5.75 Å². The lowest BCUT2D eigenvalue weighted by atomic mass is 9.51. The molecule has 1 amide bonds. The quantitative estimate of drug-likeness (QED) is 0.606. The fourth-order valence-electron chi connectivity index (χ4n) is 5.12. The summed E-state index contributed by atoms with van der Waals surface area (Å²) in [6, 6.07) is 8.27. The van der Waals surface area contributed by atoms with Crippen LogP contribution in [-0.2, 0) is 16.8 Å². The first-order valence-corrected chi connectivity index (χ1v) is 11.6. The Kier molecular flexibility index (Phi) is 6.58. The molecule has 1 heterocycles. The zero-order valence-electron chi connectivity index (χ0n) is 19.0. The number of hydrogen-bond donors (Lipinski definition) is 1. The highest BCUT2D eigenvalue weighted by molar-refractivity contribution is 5.83. The predicted molar refractivity (Wildman–Crippen MR) is 122 cm³/mol. The number of halogens is 1. The normalized spacial score (nSPS) is 24.9. The molecule has 170 valence electrons. The number of aromatic nitrogens is 2. The van der Waals surface area contributed by atoms with Crippen LogP contribution in [0.15, 0.2) is 48.6 Å². The van der Waals surface area contributed by atoms with Gasteiger partial charge in [-0.25, -0.2) is 4.39 Å². The lowest BCUT2D eigenvalue weighted by Crippen LogP contribution is -2.51. The molecule has 1 aromatic carbocycles. The van der Waals surface area contributed by atoms with Gasteiger partial charge < -0.3 is 10.1 Å². The van der Waals surface area contributed by atoms with Crippen LogP contribution in [0.25, 0.3) is 0 Å². The van der Waals surface area contributed by atoms with Crippen LogP contribution in [0.4, 0.5) is 4.39 Å². The molecule has 5 nitrogen and oxygen atoms in total. The van der Waals surface area contributed by atoms with E-state index in [1.807, 2.05) is 26.0 Å². The van der Waals surface area contributed by atoms with E-state index in [0.717, 1.165) is 55.7 Å². The summed E-state index contributed by atoms with van der Waals surface area (Å²) in [5.74, 6) is 0.919. The van der Waals surface area contributed by atoms with Crippen LogP contribution in [-0.4, -0.2) is 22.5 Å². The Balaban J connectivity index is 1.34. The highest BCUT2D eigenvalue weighted by Gasteiger charge is 2.52. The second-order valence-electron chi connectivity index (χ2n) is 9.33. The van der Waals surface area contributed by atoms with Crippen LogP contribution < -0.4 is 10.1 Å². The summed E-state index contributed by atoms with van der Waals surface area (Å²) in [6.07, 6.45) is 10.5. The average molecular weight is 438 g/mol. The molecule has 0 spiro atoms. The van der Waals surface area contributed by atoms with Gasteiger partial charge in [-0.2, -0.15) is 0 Å². The molecule has 6 heteroatoms. The number of rotatable bonds is 8. The van der Waals surface area contributed by atoms with Gasteiger partial charge in [0.15, 0.2) is 0 Å². The van der Waals surface area contributed by atoms with Gasteiger partial charge in [0.05, 0.1) is 30.5 Å². The Morgan fingerprint density at radius 3 is 2.34 bits per heavy atom. The molecule has 1 N–H and O–H groups in total. The first kappa shape index (κ1) is 22.4. The molecule has 5 rings (SSSR count). The number of amides is 1. The van der Waals surface area contributed by atoms with Gasteiger partial charge in [0.25, 0.3) is 0 Å². The van der Waals surface area contributed by atoms with Crippen LogP contribution in [0.2, 0.25) is 0 Å². The number of nitrogens with zero attached hydrogens (tertiary/aromatic N) is 2. The maximum absolute atomic E-state index is 13.1. The Morgan fingerprint density at radius 1 is 1.09 bits per heavy atom. The second kappa shape index (κ2) is 9.39. The summed E-state index contributed by atoms with van der Waals surface area (Å²) >= 11 is 0. The molecule has 1 aromatic heterocycles. The van der Waals surface area contributed by atoms with Crippen molar-refractivity contribution < 1.29 is 13.9 Å². The monoisotopic (exact) mass is 437 g/mol. The molecule has 3 fully saturated rings. The summed E-state index contributed by atoms with van der Waals surface area (Å²) < 4.78 is 18.4. The number of fused-ring (bicyclic) bond motifs is 3. The molecular formula is C26H32FN3O2. The number of benzene rings is 1. The Hall–Kier alpha value is -2.76. The molecule has 3 aliphatic rings. The number of aryl methyl sites for hydroxylation is 1. The van der Waals surface area contributed by atoms with Crippen molar-refractivity contribution in [1.29, 1.82) is 0 Å². The van der Waals surface area contributed by atoms with Crippen molar-refractivity contribution in [3.05, 3.63) is 65.5 Å². The molecular weight excluding hydrogens is 405 g/mol. The highest BCUT2D eigenvalue weighted by atomic mass is 19.1. The molecule has 3 aliphatic carbocycles. The lowest BCUT2D eigenvalue weighted by Gasteiger charge is -2.52. The number of nitrogens with one attached hydrogen (secondary N) is 1. The van der Waals surface area contributed by atoms with E-state index in [9.17, 15) is 9.18 Å². The molecule has 0 unspecified atom stereocenters. The van der Waals surface area contributed by atoms with Crippen LogP contribution in [0, 0.1) is 12.3 Å². The Labute approximate surface area is 189 Å². The van der Waals surface area contributed by atoms with Gasteiger partial charge in [-0.15, -0.1) is 0 Å². The summed E-state index contributed by atoms with van der Waals surface area (Å²) in [4.78, 5) is 21.7. The minimum absolute atomic E-state index is 0.149. The van der Waals surface area contributed by atoms with E-state index >= 15 is 0 Å². The fourth-order valence-corrected chi connectivity index (χ4v) is 5.12. The van der Waals surface area contributed by atoms with Gasteiger partial charge in [0.2, 0.25) is 5.91 Å². The predicted octanol–water partition coefficient (Wildman–Crippen LogP) is 5.34. The average Bonchev–Trinajstić information content (AvgIpc) is 2.85. The Bertz CT molecular complexity index is 945. The van der Waals surface area contributed by atoms with Crippen molar-refractivity contribution in [2.45, 2.75) is 70.8 Å². The molecule has 32 heavy (non-hydrogen) atoms. The number of carbonyl (C=O) groups is 1. The third kappa shape index (κ3) is 4.54. The van der Waals surface area contributed by atoms with Gasteiger partial charge in [0.1, 0.15) is 12.4 Å². The van der Waals surface area contributed by atoms with Crippen molar-refractivity contribution in [2.75, 3.05) is 6.61 Å². The molecule has 3 saturated carbocycles. The van der Waals surface area contributed by atoms with Crippen molar-refractivity contribution >= 4 is 5.91 Å². The minimum atomic E-state index is -0.252. The molecule has 2 bridgehead atoms. The number of hydrogen-bond acceptors (Lipinski definition) is 4. The maximum Gasteiger partial charge on any atom is 0.226 e. The second-order valence-corrected chi connectivity index (χ2v) is 9.33. The van der Waals surface area contributed by atoms with Crippen molar-refractivity contribution in [3.63, 3.8) is 0 Å². The van der Waals surface area contributed by atoms with E-state index in [4.69, 9.17) is 4.74 Å². The van der Waals surface area contributed by atoms with Gasteiger partial charge in [-0.05, 0) is 80.6 Å². The summed E-state index contributed by atoms with van der Waals surface area (Å²) in [6.45, 7) is 4.53. The maximum atomic E-state index is 13.1. The third-order valence-corrected chi connectivity index (χ3v) is 7.49. The van der Waals surface area contributed by atoms with Gasteiger partial charge in [0, 0.05) is 11.6 Å². The fraction of sp³-hybridized carbons (Fsp3) is 0.500. The summed E-state index contributed by atoms with van der Waals surface area (Å²) in [5.41, 5.74) is 3.53. The number of carbonyl (C=O) groups excluding carboxylic acids is 1. The Morgan fingerprint density at radius 2 is 1.78 bits per heavy atom. The van der Waals surface area contributed by atoms with Crippen LogP contribution >= 0.6 is 0 Å². The third-order valence-electron chi connectivity index (χ3n) is 7.49. The molecule has 0 saturated heterocycles. The largest absolute Gasteiger partial charge is 0.489 e. The first-order valence-electron chi connectivity index (χ1n) is 11.6. The topological polar surface area (TPSA) is 64.1 Å². The first-order chi connectivity index (χ1) is 15.5. The minimum Gasteiger partial charge on any atom is -0.489 e. The van der Waals surface area contributed by atoms with Gasteiger partial charge >= 0.3 is 0 Å². The summed E-state index contributed by atoms with van der Waals surface area (Å²) in [7, 11) is 0.